The molecule has 0 atom stereocenters. The smallest absolute Gasteiger partial charge is 0.349 e. The van der Waals surface area contributed by atoms with Crippen LogP contribution in [0, 0.1) is 0 Å². The van der Waals surface area contributed by atoms with E-state index >= 15 is 0 Å². The summed E-state index contributed by atoms with van der Waals surface area (Å²) < 4.78 is 0. The van der Waals surface area contributed by atoms with Gasteiger partial charge in [-0.2, -0.15) is 4.98 Å². The summed E-state index contributed by atoms with van der Waals surface area (Å²) >= 11 is 0. The highest BCUT2D eigenvalue weighted by Crippen LogP contribution is 1.73. The number of aromatic nitrogens is 3. The van der Waals surface area contributed by atoms with Gasteiger partial charge in [0.1, 0.15) is 6.33 Å². The van der Waals surface area contributed by atoms with Gasteiger partial charge in [0.2, 0.25) is 5.95 Å². The second-order valence-corrected chi connectivity index (χ2v) is 1.19. The van der Waals surface area contributed by atoms with Gasteiger partial charge in [-0.1, -0.05) is 0 Å². The molecular weight excluding hydrogens is 124 g/mol. The third-order valence-corrected chi connectivity index (χ3v) is 0.607. The quantitative estimate of drug-likeness (QED) is 0.419. The molecule has 0 spiro atoms. The molecule has 0 aliphatic rings. The van der Waals surface area contributed by atoms with Crippen molar-refractivity contribution in [2.75, 3.05) is 5.73 Å². The maximum absolute atomic E-state index is 10.2. The van der Waals surface area contributed by atoms with E-state index in [9.17, 15) is 4.79 Å². The van der Waals surface area contributed by atoms with E-state index < -0.39 is 5.69 Å². The van der Waals surface area contributed by atoms with Crippen LogP contribution in [0.5, 0.6) is 0 Å². The average Bonchev–Trinajstić information content (AvgIpc) is 1.64. The zero-order chi connectivity index (χ0) is 5.98. The van der Waals surface area contributed by atoms with Crippen molar-refractivity contribution in [3.63, 3.8) is 0 Å². The average molecular weight is 130 g/mol. The summed E-state index contributed by atoms with van der Waals surface area (Å²) in [5, 5.41) is 0. The molecule has 50 valence electrons. The first-order chi connectivity index (χ1) is 3.79. The highest BCUT2D eigenvalue weighted by molar-refractivity contribution is 5.08. The topological polar surface area (TPSA) is 116 Å². The Morgan fingerprint density at radius 1 is 1.56 bits per heavy atom. The van der Waals surface area contributed by atoms with E-state index in [1.54, 1.807) is 0 Å². The fourth-order valence-corrected chi connectivity index (χ4v) is 0.318. The third-order valence-electron chi connectivity index (χ3n) is 0.607. The number of hydrogen-bond acceptors (Lipinski definition) is 4. The van der Waals surface area contributed by atoms with Gasteiger partial charge in [-0.05, 0) is 0 Å². The van der Waals surface area contributed by atoms with Crippen molar-refractivity contribution in [1.29, 1.82) is 0 Å². The normalized spacial score (nSPS) is 8.00. The summed E-state index contributed by atoms with van der Waals surface area (Å²) in [7, 11) is 0. The number of nitrogens with two attached hydrogens (primary N) is 1. The Morgan fingerprint density at radius 2 is 2.22 bits per heavy atom. The summed E-state index contributed by atoms with van der Waals surface area (Å²) in [5.74, 6) is 0.0880. The molecule has 0 saturated carbocycles. The van der Waals surface area contributed by atoms with E-state index in [1.807, 2.05) is 0 Å². The molecule has 0 saturated heterocycles. The van der Waals surface area contributed by atoms with Crippen LogP contribution in [0.4, 0.5) is 5.95 Å². The fourth-order valence-electron chi connectivity index (χ4n) is 0.318. The van der Waals surface area contributed by atoms with E-state index in [0.29, 0.717) is 0 Å². The van der Waals surface area contributed by atoms with E-state index in [1.165, 1.54) is 0 Å². The monoisotopic (exact) mass is 130 g/mol. The van der Waals surface area contributed by atoms with Gasteiger partial charge in [-0.3, -0.25) is 4.98 Å². The van der Waals surface area contributed by atoms with Crippen molar-refractivity contribution in [3.8, 4) is 0 Å². The fraction of sp³-hybridized carbons (Fsp3) is 0. The lowest BCUT2D eigenvalue weighted by Crippen LogP contribution is -2.12. The van der Waals surface area contributed by atoms with Crippen LogP contribution in [0.25, 0.3) is 0 Å². The minimum atomic E-state index is -0.475. The van der Waals surface area contributed by atoms with E-state index in [0.717, 1.165) is 6.33 Å². The molecule has 5 N–H and O–H groups in total. The predicted octanol–water partition coefficient (Wildman–Crippen LogP) is -2.08. The number of nitrogens with one attached hydrogen (secondary N) is 1. The number of rotatable bonds is 0. The zero-order valence-corrected chi connectivity index (χ0v) is 4.46. The lowest BCUT2D eigenvalue weighted by molar-refractivity contribution is 0.824. The van der Waals surface area contributed by atoms with Crippen LogP contribution in [-0.2, 0) is 0 Å². The molecule has 1 heterocycles. The van der Waals surface area contributed by atoms with Gasteiger partial charge in [0.05, 0.1) is 0 Å². The Bertz CT molecular complexity index is 231. The van der Waals surface area contributed by atoms with Gasteiger partial charge >= 0.3 is 5.69 Å². The number of nitrogen functional groups attached to an aromatic ring is 1. The Labute approximate surface area is 50.1 Å². The highest BCUT2D eigenvalue weighted by atomic mass is 16.1. The number of H-pyrrole nitrogens is 1. The van der Waals surface area contributed by atoms with Crippen molar-refractivity contribution in [1.82, 2.24) is 15.0 Å². The molecule has 1 aromatic rings. The van der Waals surface area contributed by atoms with Gasteiger partial charge in [-0.25, -0.2) is 9.78 Å². The van der Waals surface area contributed by atoms with Crippen molar-refractivity contribution in [2.24, 2.45) is 0 Å². The minimum absolute atomic E-state index is 0. The number of nitrogens with zero attached hydrogens (tertiary/aromatic N) is 2. The molecule has 0 aliphatic carbocycles. The van der Waals surface area contributed by atoms with Gasteiger partial charge in [0, 0.05) is 0 Å². The number of aromatic amines is 1. The van der Waals surface area contributed by atoms with Crippen molar-refractivity contribution >= 4 is 5.95 Å². The zero-order valence-electron chi connectivity index (χ0n) is 4.46. The van der Waals surface area contributed by atoms with Gasteiger partial charge < -0.3 is 11.2 Å². The molecule has 0 aromatic carbocycles. The molecule has 0 fully saturated rings. The second-order valence-electron chi connectivity index (χ2n) is 1.19. The van der Waals surface area contributed by atoms with Crippen molar-refractivity contribution in [2.45, 2.75) is 0 Å². The Hall–Kier alpha value is -1.43. The second kappa shape index (κ2) is 2.78. The first kappa shape index (κ1) is 7.57. The summed E-state index contributed by atoms with van der Waals surface area (Å²) in [6.45, 7) is 0. The lowest BCUT2D eigenvalue weighted by Gasteiger charge is -1.83. The van der Waals surface area contributed by atoms with Crippen LogP contribution >= 0.6 is 0 Å². The van der Waals surface area contributed by atoms with Crippen LogP contribution in [-0.4, -0.2) is 20.4 Å². The van der Waals surface area contributed by atoms with E-state index in [-0.39, 0.29) is 11.4 Å². The molecule has 0 radical (unpaired) electrons. The van der Waals surface area contributed by atoms with Crippen LogP contribution in [0.2, 0.25) is 0 Å². The maximum Gasteiger partial charge on any atom is 0.349 e. The first-order valence-corrected chi connectivity index (χ1v) is 1.96. The Kier molecular flexibility index (Phi) is 2.33. The molecule has 9 heavy (non-hydrogen) atoms. The van der Waals surface area contributed by atoms with E-state index in [2.05, 4.69) is 15.0 Å². The molecular formula is C3H6N4O2. The molecule has 0 aliphatic heterocycles. The summed E-state index contributed by atoms with van der Waals surface area (Å²) in [6.07, 6.45) is 1.11. The molecule has 0 amide bonds. The molecule has 1 rings (SSSR count). The van der Waals surface area contributed by atoms with Crippen LogP contribution in [0.3, 0.4) is 0 Å². The van der Waals surface area contributed by atoms with Gasteiger partial charge in [0.25, 0.3) is 0 Å². The summed E-state index contributed by atoms with van der Waals surface area (Å²) in [6, 6.07) is 0. The number of hydrogen-bond donors (Lipinski definition) is 2. The minimum Gasteiger partial charge on any atom is -0.412 e. The highest BCUT2D eigenvalue weighted by Gasteiger charge is 1.82. The molecule has 6 nitrogen and oxygen atoms in total. The van der Waals surface area contributed by atoms with E-state index in [4.69, 9.17) is 5.73 Å². The third kappa shape index (κ3) is 1.87. The summed E-state index contributed by atoms with van der Waals surface area (Å²) in [5.41, 5.74) is 4.58. The molecule has 0 bridgehead atoms. The maximum atomic E-state index is 10.2. The predicted molar refractivity (Wildman–Crippen MR) is 30.7 cm³/mol. The lowest BCUT2D eigenvalue weighted by atomic mass is 11.0. The SMILES string of the molecule is Nc1ncnc(=O)[nH]1.O. The molecule has 6 heteroatoms. The van der Waals surface area contributed by atoms with Crippen LogP contribution in [0.15, 0.2) is 11.1 Å². The van der Waals surface area contributed by atoms with Crippen LogP contribution < -0.4 is 11.4 Å². The van der Waals surface area contributed by atoms with Crippen molar-refractivity contribution < 1.29 is 5.48 Å². The standard InChI is InChI=1S/C3H4N4O.H2O/c4-2-5-1-6-3(8)7-2;/h1H,(H3,4,5,6,7,8);1H2. The Morgan fingerprint density at radius 3 is 2.56 bits per heavy atom. The van der Waals surface area contributed by atoms with Gasteiger partial charge in [-0.15, -0.1) is 0 Å². The van der Waals surface area contributed by atoms with Crippen LogP contribution in [0.1, 0.15) is 0 Å². The summed E-state index contributed by atoms with van der Waals surface area (Å²) in [4.78, 5) is 19.1. The van der Waals surface area contributed by atoms with Crippen molar-refractivity contribution in [3.05, 3.63) is 16.8 Å². The number of anilines is 1. The molecule has 0 unspecified atom stereocenters. The van der Waals surface area contributed by atoms with Gasteiger partial charge in [0.15, 0.2) is 0 Å². The largest absolute Gasteiger partial charge is 0.412 e. The molecule has 1 aromatic heterocycles. The Balaban J connectivity index is 0.000000640. The first-order valence-electron chi connectivity index (χ1n) is 1.96.